The molecule has 20 heavy (non-hydrogen) atoms. The zero-order valence-electron chi connectivity index (χ0n) is 11.7. The number of nitrogens with two attached hydrogens (primary N) is 1. The number of likely N-dealkylation sites (tertiary alicyclic amines) is 1. The van der Waals surface area contributed by atoms with Crippen LogP contribution in [0.5, 0.6) is 0 Å². The normalized spacial score (nSPS) is 22.6. The molecule has 2 unspecified atom stereocenters. The van der Waals surface area contributed by atoms with Gasteiger partial charge in [0.1, 0.15) is 5.82 Å². The van der Waals surface area contributed by atoms with Crippen LogP contribution in [0.25, 0.3) is 0 Å². The van der Waals surface area contributed by atoms with E-state index in [4.69, 9.17) is 5.73 Å². The van der Waals surface area contributed by atoms with Crippen LogP contribution in [-0.2, 0) is 0 Å². The Hall–Kier alpha value is -1.07. The minimum absolute atomic E-state index is 0.153. The zero-order chi connectivity index (χ0) is 14.7. The predicted octanol–water partition coefficient (Wildman–Crippen LogP) is 3.37. The first-order valence-electron chi connectivity index (χ1n) is 7.15. The molecule has 2 N–H and O–H groups in total. The van der Waals surface area contributed by atoms with E-state index in [0.29, 0.717) is 6.07 Å². The fraction of sp³-hybridized carbons (Fsp3) is 0.600. The number of nitrogens with zero attached hydrogens (tertiary/aromatic N) is 1. The van der Waals surface area contributed by atoms with Crippen LogP contribution in [0.2, 0.25) is 0 Å². The lowest BCUT2D eigenvalue weighted by molar-refractivity contribution is 0.147. The lowest BCUT2D eigenvalue weighted by Crippen LogP contribution is -2.40. The molecule has 0 saturated carbocycles. The van der Waals surface area contributed by atoms with Crippen molar-refractivity contribution in [3.63, 3.8) is 0 Å². The largest absolute Gasteiger partial charge is 0.329 e. The van der Waals surface area contributed by atoms with Gasteiger partial charge in [-0.1, -0.05) is 12.8 Å². The Morgan fingerprint density at radius 3 is 2.55 bits per heavy atom. The average molecular weight is 286 g/mol. The highest BCUT2D eigenvalue weighted by molar-refractivity contribution is 5.24. The van der Waals surface area contributed by atoms with Crippen LogP contribution in [-0.4, -0.2) is 24.0 Å². The van der Waals surface area contributed by atoms with Gasteiger partial charge in [-0.05, 0) is 32.4 Å². The van der Waals surface area contributed by atoms with Crippen LogP contribution >= 0.6 is 0 Å². The first-order chi connectivity index (χ1) is 9.54. The summed E-state index contributed by atoms with van der Waals surface area (Å²) in [6.45, 7) is 3.07. The molecule has 2 atom stereocenters. The van der Waals surface area contributed by atoms with Crippen molar-refractivity contribution in [2.75, 3.05) is 13.1 Å². The molecule has 112 valence electrons. The third kappa shape index (κ3) is 3.15. The van der Waals surface area contributed by atoms with E-state index in [2.05, 4.69) is 11.8 Å². The van der Waals surface area contributed by atoms with Gasteiger partial charge in [-0.3, -0.25) is 4.90 Å². The Labute approximate surface area is 117 Å². The standard InChI is InChI=1S/C15H21F3N2/c1-10-5-3-2-4-6-20(10)15(9-19)11-7-13(17)14(18)8-12(11)16/h7-8,10,15H,2-6,9,19H2,1H3. The average Bonchev–Trinajstić information content (AvgIpc) is 2.62. The zero-order valence-corrected chi connectivity index (χ0v) is 11.7. The molecule has 5 heteroatoms. The molecule has 0 spiro atoms. The number of benzene rings is 1. The van der Waals surface area contributed by atoms with Gasteiger partial charge in [0.05, 0.1) is 6.04 Å². The van der Waals surface area contributed by atoms with Crippen LogP contribution in [0, 0.1) is 17.5 Å². The van der Waals surface area contributed by atoms with Crippen molar-refractivity contribution in [3.8, 4) is 0 Å². The van der Waals surface area contributed by atoms with Gasteiger partial charge in [-0.25, -0.2) is 13.2 Å². The van der Waals surface area contributed by atoms with Crippen molar-refractivity contribution in [2.45, 2.75) is 44.7 Å². The Morgan fingerprint density at radius 1 is 1.15 bits per heavy atom. The third-order valence-electron chi connectivity index (χ3n) is 4.13. The first kappa shape index (κ1) is 15.3. The van der Waals surface area contributed by atoms with Crippen molar-refractivity contribution >= 4 is 0 Å². The molecule has 0 bridgehead atoms. The highest BCUT2D eigenvalue weighted by Gasteiger charge is 2.28. The third-order valence-corrected chi connectivity index (χ3v) is 4.13. The molecule has 2 rings (SSSR count). The van der Waals surface area contributed by atoms with E-state index < -0.39 is 23.5 Å². The van der Waals surface area contributed by atoms with E-state index in [-0.39, 0.29) is 18.2 Å². The van der Waals surface area contributed by atoms with Crippen molar-refractivity contribution in [1.29, 1.82) is 0 Å². The van der Waals surface area contributed by atoms with E-state index >= 15 is 0 Å². The van der Waals surface area contributed by atoms with Gasteiger partial charge in [0.25, 0.3) is 0 Å². The summed E-state index contributed by atoms with van der Waals surface area (Å²) < 4.78 is 40.4. The van der Waals surface area contributed by atoms with Gasteiger partial charge in [0.2, 0.25) is 0 Å². The first-order valence-corrected chi connectivity index (χ1v) is 7.15. The summed E-state index contributed by atoms with van der Waals surface area (Å²) in [4.78, 5) is 2.11. The maximum absolute atomic E-state index is 14.0. The highest BCUT2D eigenvalue weighted by atomic mass is 19.2. The molecule has 1 aliphatic rings. The molecule has 0 aliphatic carbocycles. The molecule has 1 fully saturated rings. The van der Waals surface area contributed by atoms with E-state index in [0.717, 1.165) is 38.3 Å². The van der Waals surface area contributed by atoms with Crippen molar-refractivity contribution in [3.05, 3.63) is 35.1 Å². The smallest absolute Gasteiger partial charge is 0.161 e. The molecule has 0 radical (unpaired) electrons. The summed E-state index contributed by atoms with van der Waals surface area (Å²) in [7, 11) is 0. The van der Waals surface area contributed by atoms with Crippen molar-refractivity contribution in [2.24, 2.45) is 5.73 Å². The minimum Gasteiger partial charge on any atom is -0.329 e. The summed E-state index contributed by atoms with van der Waals surface area (Å²) in [5, 5.41) is 0. The molecule has 0 amide bonds. The molecule has 2 nitrogen and oxygen atoms in total. The second-order valence-corrected chi connectivity index (χ2v) is 5.48. The van der Waals surface area contributed by atoms with E-state index in [9.17, 15) is 13.2 Å². The number of hydrogen-bond donors (Lipinski definition) is 1. The molecule has 1 aliphatic heterocycles. The van der Waals surface area contributed by atoms with Crippen LogP contribution < -0.4 is 5.73 Å². The van der Waals surface area contributed by atoms with Crippen molar-refractivity contribution in [1.82, 2.24) is 4.90 Å². The molecular weight excluding hydrogens is 265 g/mol. The molecule has 1 aromatic rings. The Bertz CT molecular complexity index is 465. The summed E-state index contributed by atoms with van der Waals surface area (Å²) >= 11 is 0. The van der Waals surface area contributed by atoms with Crippen LogP contribution in [0.3, 0.4) is 0 Å². The lowest BCUT2D eigenvalue weighted by atomic mass is 10.0. The molecule has 1 heterocycles. The number of halogens is 3. The second kappa shape index (κ2) is 6.59. The molecule has 1 saturated heterocycles. The van der Waals surface area contributed by atoms with Gasteiger partial charge < -0.3 is 5.73 Å². The maximum Gasteiger partial charge on any atom is 0.161 e. The van der Waals surface area contributed by atoms with Crippen LogP contribution in [0.15, 0.2) is 12.1 Å². The molecule has 1 aromatic carbocycles. The molecular formula is C15H21F3N2. The van der Waals surface area contributed by atoms with Gasteiger partial charge in [0, 0.05) is 24.2 Å². The van der Waals surface area contributed by atoms with Crippen LogP contribution in [0.1, 0.15) is 44.2 Å². The lowest BCUT2D eigenvalue weighted by Gasteiger charge is -2.35. The van der Waals surface area contributed by atoms with Crippen LogP contribution in [0.4, 0.5) is 13.2 Å². The van der Waals surface area contributed by atoms with Crippen molar-refractivity contribution < 1.29 is 13.2 Å². The Kier molecular flexibility index (Phi) is 5.05. The topological polar surface area (TPSA) is 29.3 Å². The van der Waals surface area contributed by atoms with Gasteiger partial charge in [-0.2, -0.15) is 0 Å². The van der Waals surface area contributed by atoms with E-state index in [1.165, 1.54) is 0 Å². The van der Waals surface area contributed by atoms with E-state index in [1.807, 2.05) is 0 Å². The summed E-state index contributed by atoms with van der Waals surface area (Å²) in [6.07, 6.45) is 4.31. The minimum atomic E-state index is -1.16. The van der Waals surface area contributed by atoms with Gasteiger partial charge >= 0.3 is 0 Å². The Morgan fingerprint density at radius 2 is 1.85 bits per heavy atom. The number of rotatable bonds is 3. The Balaban J connectivity index is 2.33. The fourth-order valence-electron chi connectivity index (χ4n) is 2.99. The van der Waals surface area contributed by atoms with E-state index in [1.54, 1.807) is 0 Å². The summed E-state index contributed by atoms with van der Waals surface area (Å²) in [6, 6.07) is 1.41. The monoisotopic (exact) mass is 286 g/mol. The second-order valence-electron chi connectivity index (χ2n) is 5.48. The SMILES string of the molecule is CC1CCCCCN1C(CN)c1cc(F)c(F)cc1F. The summed E-state index contributed by atoms with van der Waals surface area (Å²) in [5.41, 5.74) is 5.93. The quantitative estimate of drug-likeness (QED) is 0.863. The predicted molar refractivity (Wildman–Crippen MR) is 72.7 cm³/mol. The van der Waals surface area contributed by atoms with Gasteiger partial charge in [-0.15, -0.1) is 0 Å². The van der Waals surface area contributed by atoms with Gasteiger partial charge in [0.15, 0.2) is 11.6 Å². The summed E-state index contributed by atoms with van der Waals surface area (Å²) in [5.74, 6) is -2.91. The highest BCUT2D eigenvalue weighted by Crippen LogP contribution is 2.29. The fourth-order valence-corrected chi connectivity index (χ4v) is 2.99. The maximum atomic E-state index is 14.0. The molecule has 0 aromatic heterocycles. The number of hydrogen-bond acceptors (Lipinski definition) is 2.